The predicted octanol–water partition coefficient (Wildman–Crippen LogP) is 4.03. The Bertz CT molecular complexity index is 997. The van der Waals surface area contributed by atoms with Gasteiger partial charge < -0.3 is 10.4 Å². The van der Waals surface area contributed by atoms with Crippen molar-refractivity contribution in [3.05, 3.63) is 101 Å². The molecule has 3 aromatic carbocycles. The van der Waals surface area contributed by atoms with E-state index in [-0.39, 0.29) is 18.1 Å². The van der Waals surface area contributed by atoms with Crippen LogP contribution in [-0.2, 0) is 6.42 Å². The number of hydrogen-bond acceptors (Lipinski definition) is 3. The molecule has 2 unspecified atom stereocenters. The second-order valence-electron chi connectivity index (χ2n) is 6.69. The van der Waals surface area contributed by atoms with Gasteiger partial charge in [-0.15, -0.1) is 0 Å². The maximum atomic E-state index is 13.4. The summed E-state index contributed by atoms with van der Waals surface area (Å²) in [4.78, 5) is 26.1. The number of carbonyl (C=O) groups is 2. The number of fused-ring (bicyclic) bond motifs is 2. The van der Waals surface area contributed by atoms with Gasteiger partial charge in [0.25, 0.3) is 5.91 Å². The minimum absolute atomic E-state index is 0.182. The van der Waals surface area contributed by atoms with Crippen molar-refractivity contribution in [2.24, 2.45) is 5.92 Å². The molecule has 1 aliphatic heterocycles. The molecule has 1 heterocycles. The number of ketones is 1. The molecule has 4 nitrogen and oxygen atoms in total. The van der Waals surface area contributed by atoms with Gasteiger partial charge in [0, 0.05) is 11.1 Å². The van der Waals surface area contributed by atoms with Crippen molar-refractivity contribution in [1.29, 1.82) is 0 Å². The van der Waals surface area contributed by atoms with E-state index in [9.17, 15) is 14.7 Å². The lowest BCUT2D eigenvalue weighted by atomic mass is 9.83. The molecule has 2 N–H and O–H groups in total. The second kappa shape index (κ2) is 7.17. The average molecular weight is 357 g/mol. The molecular weight excluding hydrogens is 338 g/mol. The first-order valence-electron chi connectivity index (χ1n) is 8.90. The number of amides is 1. The molecule has 134 valence electrons. The van der Waals surface area contributed by atoms with E-state index in [1.54, 1.807) is 36.4 Å². The molecule has 4 rings (SSSR count). The van der Waals surface area contributed by atoms with Crippen LogP contribution in [0, 0.1) is 5.92 Å². The monoisotopic (exact) mass is 357 g/mol. The van der Waals surface area contributed by atoms with Gasteiger partial charge in [-0.25, -0.2) is 0 Å². The lowest BCUT2D eigenvalue weighted by Crippen LogP contribution is -2.25. The Morgan fingerprint density at radius 3 is 2.22 bits per heavy atom. The second-order valence-corrected chi connectivity index (χ2v) is 6.69. The lowest BCUT2D eigenvalue weighted by Gasteiger charge is -2.23. The third-order valence-electron chi connectivity index (χ3n) is 5.00. The molecule has 0 radical (unpaired) electrons. The number of hydrogen-bond donors (Lipinski definition) is 2. The van der Waals surface area contributed by atoms with Crippen molar-refractivity contribution >= 4 is 17.4 Å². The highest BCUT2D eigenvalue weighted by atomic mass is 16.3. The van der Waals surface area contributed by atoms with E-state index < -0.39 is 12.0 Å². The van der Waals surface area contributed by atoms with E-state index in [2.05, 4.69) is 5.32 Å². The molecule has 0 spiro atoms. The highest BCUT2D eigenvalue weighted by Crippen LogP contribution is 2.33. The van der Waals surface area contributed by atoms with Gasteiger partial charge in [0.05, 0.1) is 17.7 Å². The normalized spacial score (nSPS) is 17.6. The molecule has 1 aliphatic rings. The molecule has 4 heteroatoms. The first kappa shape index (κ1) is 17.2. The third kappa shape index (κ3) is 3.27. The Kier molecular flexibility index (Phi) is 4.57. The molecule has 1 amide bonds. The van der Waals surface area contributed by atoms with Gasteiger partial charge in [-0.1, -0.05) is 60.7 Å². The van der Waals surface area contributed by atoms with Crippen LogP contribution in [0.4, 0.5) is 5.69 Å². The van der Waals surface area contributed by atoms with Crippen molar-refractivity contribution < 1.29 is 14.7 Å². The van der Waals surface area contributed by atoms with Gasteiger partial charge in [-0.3, -0.25) is 9.59 Å². The Morgan fingerprint density at radius 1 is 0.815 bits per heavy atom. The van der Waals surface area contributed by atoms with Crippen LogP contribution in [0.1, 0.15) is 37.9 Å². The van der Waals surface area contributed by atoms with Crippen LogP contribution in [0.15, 0.2) is 78.9 Å². The van der Waals surface area contributed by atoms with Crippen LogP contribution < -0.4 is 5.32 Å². The SMILES string of the molecule is O=C1Nc2ccccc2C(=O)C(C(O)c2ccccc2)Cc2ccccc21. The van der Waals surface area contributed by atoms with Crippen molar-refractivity contribution in [2.75, 3.05) is 5.32 Å². The zero-order valence-corrected chi connectivity index (χ0v) is 14.6. The topological polar surface area (TPSA) is 66.4 Å². The number of carbonyl (C=O) groups excluding carboxylic acids is 2. The largest absolute Gasteiger partial charge is 0.388 e. The summed E-state index contributed by atoms with van der Waals surface area (Å²) in [5.74, 6) is -1.12. The Labute approximate surface area is 157 Å². The lowest BCUT2D eigenvalue weighted by molar-refractivity contribution is 0.0676. The minimum Gasteiger partial charge on any atom is -0.388 e. The molecule has 2 atom stereocenters. The Hall–Kier alpha value is -3.24. The molecule has 0 aromatic heterocycles. The zero-order chi connectivity index (χ0) is 18.8. The van der Waals surface area contributed by atoms with Gasteiger partial charge >= 0.3 is 0 Å². The van der Waals surface area contributed by atoms with Gasteiger partial charge in [-0.05, 0) is 35.7 Å². The van der Waals surface area contributed by atoms with Crippen molar-refractivity contribution in [1.82, 2.24) is 0 Å². The molecular formula is C23H19NO3. The molecule has 0 bridgehead atoms. The number of nitrogens with one attached hydrogen (secondary N) is 1. The zero-order valence-electron chi connectivity index (χ0n) is 14.6. The highest BCUT2D eigenvalue weighted by molar-refractivity contribution is 6.11. The van der Waals surface area contributed by atoms with Crippen LogP contribution in [-0.4, -0.2) is 16.8 Å². The minimum atomic E-state index is -0.965. The smallest absolute Gasteiger partial charge is 0.255 e. The summed E-state index contributed by atoms with van der Waals surface area (Å²) in [6.45, 7) is 0. The van der Waals surface area contributed by atoms with Crippen molar-refractivity contribution in [3.8, 4) is 0 Å². The summed E-state index contributed by atoms with van der Waals surface area (Å²) < 4.78 is 0. The summed E-state index contributed by atoms with van der Waals surface area (Å²) in [6, 6.07) is 23.3. The third-order valence-corrected chi connectivity index (χ3v) is 5.00. The van der Waals surface area contributed by atoms with Crippen LogP contribution in [0.2, 0.25) is 0 Å². The number of para-hydroxylation sites is 1. The van der Waals surface area contributed by atoms with Crippen molar-refractivity contribution in [2.45, 2.75) is 12.5 Å². The van der Waals surface area contributed by atoms with Crippen LogP contribution in [0.5, 0.6) is 0 Å². The fourth-order valence-electron chi connectivity index (χ4n) is 3.58. The van der Waals surface area contributed by atoms with Gasteiger partial charge in [-0.2, -0.15) is 0 Å². The predicted molar refractivity (Wildman–Crippen MR) is 104 cm³/mol. The first-order chi connectivity index (χ1) is 13.1. The standard InChI is InChI=1S/C23H19NO3/c25-21(15-8-2-1-3-9-15)19-14-16-10-4-5-11-17(16)23(27)24-20-13-7-6-12-18(20)22(19)26/h1-13,19,21,25H,14H2,(H,24,27). The van der Waals surface area contributed by atoms with E-state index in [0.29, 0.717) is 22.4 Å². The van der Waals surface area contributed by atoms with Crippen molar-refractivity contribution in [3.63, 3.8) is 0 Å². The molecule has 0 saturated heterocycles. The number of rotatable bonds is 2. The number of aliphatic hydroxyl groups is 1. The number of anilines is 1. The molecule has 0 saturated carbocycles. The molecule has 27 heavy (non-hydrogen) atoms. The molecule has 0 aliphatic carbocycles. The van der Waals surface area contributed by atoms with E-state index in [1.807, 2.05) is 42.5 Å². The highest BCUT2D eigenvalue weighted by Gasteiger charge is 2.33. The van der Waals surface area contributed by atoms with Gasteiger partial charge in [0.2, 0.25) is 0 Å². The van der Waals surface area contributed by atoms with E-state index >= 15 is 0 Å². The van der Waals surface area contributed by atoms with E-state index in [0.717, 1.165) is 5.56 Å². The number of aliphatic hydroxyl groups excluding tert-OH is 1. The maximum Gasteiger partial charge on any atom is 0.255 e. The molecule has 0 fully saturated rings. The summed E-state index contributed by atoms with van der Waals surface area (Å²) in [5.41, 5.74) is 2.83. The van der Waals surface area contributed by atoms with Gasteiger partial charge in [0.1, 0.15) is 0 Å². The average Bonchev–Trinajstić information content (AvgIpc) is 2.76. The molecule has 3 aromatic rings. The van der Waals surface area contributed by atoms with Crippen LogP contribution in [0.3, 0.4) is 0 Å². The quantitative estimate of drug-likeness (QED) is 0.728. The fourth-order valence-corrected chi connectivity index (χ4v) is 3.58. The van der Waals surface area contributed by atoms with Crippen LogP contribution >= 0.6 is 0 Å². The van der Waals surface area contributed by atoms with E-state index in [4.69, 9.17) is 0 Å². The number of Topliss-reactive ketones (excluding diaryl/α,β-unsaturated/α-hetero) is 1. The Balaban J connectivity index is 1.86. The maximum absolute atomic E-state index is 13.4. The summed E-state index contributed by atoms with van der Waals surface area (Å²) >= 11 is 0. The summed E-state index contributed by atoms with van der Waals surface area (Å²) in [6.07, 6.45) is -0.680. The van der Waals surface area contributed by atoms with Crippen LogP contribution in [0.25, 0.3) is 0 Å². The fraction of sp³-hybridized carbons (Fsp3) is 0.130. The number of benzene rings is 3. The van der Waals surface area contributed by atoms with E-state index in [1.165, 1.54) is 0 Å². The Morgan fingerprint density at radius 2 is 1.44 bits per heavy atom. The van der Waals surface area contributed by atoms with Gasteiger partial charge in [0.15, 0.2) is 5.78 Å². The summed E-state index contributed by atoms with van der Waals surface area (Å²) in [7, 11) is 0. The summed E-state index contributed by atoms with van der Waals surface area (Å²) in [5, 5.41) is 13.9. The first-order valence-corrected chi connectivity index (χ1v) is 8.90.